The lowest BCUT2D eigenvalue weighted by molar-refractivity contribution is 0.384. The average Bonchev–Trinajstić information content (AvgIpc) is 2.74. The van der Waals surface area contributed by atoms with E-state index in [4.69, 9.17) is 10.5 Å². The van der Waals surface area contributed by atoms with Crippen LogP contribution in [0.4, 0.5) is 0 Å². The SMILES string of the molecule is COc1ccccc1C(C)(N)Cc1nnn(C)n1. The Morgan fingerprint density at radius 1 is 1.39 bits per heavy atom. The van der Waals surface area contributed by atoms with E-state index in [0.717, 1.165) is 11.3 Å². The monoisotopic (exact) mass is 247 g/mol. The molecule has 0 bridgehead atoms. The van der Waals surface area contributed by atoms with Gasteiger partial charge in [0.05, 0.1) is 14.2 Å². The summed E-state index contributed by atoms with van der Waals surface area (Å²) in [5, 5.41) is 11.9. The van der Waals surface area contributed by atoms with Gasteiger partial charge in [0.15, 0.2) is 5.82 Å². The molecular weight excluding hydrogens is 230 g/mol. The molecule has 1 aromatic carbocycles. The van der Waals surface area contributed by atoms with Crippen LogP contribution in [0.15, 0.2) is 24.3 Å². The van der Waals surface area contributed by atoms with Crippen molar-refractivity contribution in [1.29, 1.82) is 0 Å². The Balaban J connectivity index is 2.29. The van der Waals surface area contributed by atoms with Crippen LogP contribution in [0.25, 0.3) is 0 Å². The number of rotatable bonds is 4. The second-order valence-electron chi connectivity index (χ2n) is 4.49. The molecule has 18 heavy (non-hydrogen) atoms. The molecule has 6 nitrogen and oxygen atoms in total. The highest BCUT2D eigenvalue weighted by molar-refractivity contribution is 5.38. The van der Waals surface area contributed by atoms with Crippen LogP contribution in [0.2, 0.25) is 0 Å². The van der Waals surface area contributed by atoms with Gasteiger partial charge in [-0.3, -0.25) is 0 Å². The second-order valence-corrected chi connectivity index (χ2v) is 4.49. The molecule has 2 aromatic rings. The van der Waals surface area contributed by atoms with E-state index in [9.17, 15) is 0 Å². The largest absolute Gasteiger partial charge is 0.496 e. The summed E-state index contributed by atoms with van der Waals surface area (Å²) in [6, 6.07) is 7.70. The summed E-state index contributed by atoms with van der Waals surface area (Å²) in [6.45, 7) is 1.93. The highest BCUT2D eigenvalue weighted by atomic mass is 16.5. The quantitative estimate of drug-likeness (QED) is 0.857. The number of para-hydroxylation sites is 1. The van der Waals surface area contributed by atoms with Crippen LogP contribution in [-0.4, -0.2) is 27.3 Å². The van der Waals surface area contributed by atoms with Gasteiger partial charge in [0.25, 0.3) is 0 Å². The number of aromatic nitrogens is 4. The van der Waals surface area contributed by atoms with Gasteiger partial charge in [-0.05, 0) is 18.2 Å². The smallest absolute Gasteiger partial charge is 0.176 e. The summed E-state index contributed by atoms with van der Waals surface area (Å²) < 4.78 is 5.33. The van der Waals surface area contributed by atoms with E-state index in [1.807, 2.05) is 31.2 Å². The first-order valence-corrected chi connectivity index (χ1v) is 5.68. The van der Waals surface area contributed by atoms with Crippen molar-refractivity contribution in [2.24, 2.45) is 12.8 Å². The zero-order valence-corrected chi connectivity index (χ0v) is 10.8. The van der Waals surface area contributed by atoms with Crippen molar-refractivity contribution in [3.05, 3.63) is 35.7 Å². The zero-order chi connectivity index (χ0) is 13.2. The first-order chi connectivity index (χ1) is 8.53. The molecule has 0 amide bonds. The Labute approximate surface area is 106 Å². The fourth-order valence-electron chi connectivity index (χ4n) is 1.93. The second kappa shape index (κ2) is 4.73. The van der Waals surface area contributed by atoms with Gasteiger partial charge in [0, 0.05) is 17.5 Å². The summed E-state index contributed by atoms with van der Waals surface area (Å²) in [7, 11) is 3.36. The van der Waals surface area contributed by atoms with Crippen molar-refractivity contribution in [2.45, 2.75) is 18.9 Å². The number of tetrazole rings is 1. The summed E-state index contributed by atoms with van der Waals surface area (Å²) in [5.41, 5.74) is 6.69. The number of benzene rings is 1. The predicted octanol–water partition coefficient (Wildman–Crippen LogP) is 0.635. The van der Waals surface area contributed by atoms with Crippen molar-refractivity contribution in [2.75, 3.05) is 7.11 Å². The lowest BCUT2D eigenvalue weighted by Crippen LogP contribution is -2.36. The molecule has 0 aliphatic carbocycles. The zero-order valence-electron chi connectivity index (χ0n) is 10.8. The fraction of sp³-hybridized carbons (Fsp3) is 0.417. The van der Waals surface area contributed by atoms with E-state index < -0.39 is 5.54 Å². The number of nitrogens with zero attached hydrogens (tertiary/aromatic N) is 4. The van der Waals surface area contributed by atoms with Gasteiger partial charge in [-0.1, -0.05) is 18.2 Å². The fourth-order valence-corrected chi connectivity index (χ4v) is 1.93. The highest BCUT2D eigenvalue weighted by Crippen LogP contribution is 2.29. The minimum absolute atomic E-state index is 0.501. The Hall–Kier alpha value is -1.95. The molecule has 0 saturated carbocycles. The molecule has 1 heterocycles. The Bertz CT molecular complexity index is 535. The summed E-state index contributed by atoms with van der Waals surface area (Å²) in [6.07, 6.45) is 0.501. The van der Waals surface area contributed by atoms with Crippen LogP contribution >= 0.6 is 0 Å². The molecule has 1 atom stereocenters. The maximum atomic E-state index is 6.36. The molecule has 0 radical (unpaired) electrons. The number of aryl methyl sites for hydroxylation is 1. The first-order valence-electron chi connectivity index (χ1n) is 5.68. The third-order valence-electron chi connectivity index (χ3n) is 2.80. The van der Waals surface area contributed by atoms with E-state index in [0.29, 0.717) is 12.2 Å². The van der Waals surface area contributed by atoms with Crippen LogP contribution in [-0.2, 0) is 19.0 Å². The Kier molecular flexibility index (Phi) is 3.29. The number of nitrogens with two attached hydrogens (primary N) is 1. The van der Waals surface area contributed by atoms with Gasteiger partial charge in [0.2, 0.25) is 0 Å². The molecule has 0 aliphatic heterocycles. The molecule has 1 aromatic heterocycles. The van der Waals surface area contributed by atoms with Crippen molar-refractivity contribution in [1.82, 2.24) is 20.2 Å². The molecule has 0 saturated heterocycles. The minimum Gasteiger partial charge on any atom is -0.496 e. The lowest BCUT2D eigenvalue weighted by Gasteiger charge is -2.25. The number of hydrogen-bond donors (Lipinski definition) is 1. The third kappa shape index (κ3) is 2.48. The van der Waals surface area contributed by atoms with Crippen LogP contribution in [0.3, 0.4) is 0 Å². The number of ether oxygens (including phenoxy) is 1. The van der Waals surface area contributed by atoms with Gasteiger partial charge < -0.3 is 10.5 Å². The molecule has 6 heteroatoms. The van der Waals surface area contributed by atoms with E-state index in [2.05, 4.69) is 15.4 Å². The van der Waals surface area contributed by atoms with Gasteiger partial charge in [-0.25, -0.2) is 0 Å². The van der Waals surface area contributed by atoms with Crippen LogP contribution in [0.5, 0.6) is 5.75 Å². The van der Waals surface area contributed by atoms with E-state index in [1.165, 1.54) is 4.80 Å². The van der Waals surface area contributed by atoms with Gasteiger partial charge in [-0.2, -0.15) is 4.80 Å². The van der Waals surface area contributed by atoms with Gasteiger partial charge in [0.1, 0.15) is 5.75 Å². The molecule has 0 fully saturated rings. The molecule has 2 N–H and O–H groups in total. The molecule has 0 spiro atoms. The Morgan fingerprint density at radius 2 is 2.11 bits per heavy atom. The molecule has 2 rings (SSSR count). The topological polar surface area (TPSA) is 78.9 Å². The highest BCUT2D eigenvalue weighted by Gasteiger charge is 2.27. The van der Waals surface area contributed by atoms with Crippen molar-refractivity contribution in [3.8, 4) is 5.75 Å². The minimum atomic E-state index is -0.602. The lowest BCUT2D eigenvalue weighted by atomic mass is 9.89. The van der Waals surface area contributed by atoms with Gasteiger partial charge >= 0.3 is 0 Å². The summed E-state index contributed by atoms with van der Waals surface area (Å²) in [5.74, 6) is 1.39. The van der Waals surface area contributed by atoms with Crippen LogP contribution in [0.1, 0.15) is 18.3 Å². The predicted molar refractivity (Wildman–Crippen MR) is 67.0 cm³/mol. The molecule has 1 unspecified atom stereocenters. The number of hydrogen-bond acceptors (Lipinski definition) is 5. The molecule has 96 valence electrons. The van der Waals surface area contributed by atoms with Crippen molar-refractivity contribution in [3.63, 3.8) is 0 Å². The van der Waals surface area contributed by atoms with E-state index in [-0.39, 0.29) is 0 Å². The molecular formula is C12H17N5O. The molecule has 0 aliphatic rings. The van der Waals surface area contributed by atoms with Crippen LogP contribution in [0, 0.1) is 0 Å². The van der Waals surface area contributed by atoms with E-state index >= 15 is 0 Å². The third-order valence-corrected chi connectivity index (χ3v) is 2.80. The van der Waals surface area contributed by atoms with E-state index in [1.54, 1.807) is 14.2 Å². The summed E-state index contributed by atoms with van der Waals surface area (Å²) in [4.78, 5) is 1.42. The Morgan fingerprint density at radius 3 is 2.72 bits per heavy atom. The number of methoxy groups -OCH3 is 1. The summed E-state index contributed by atoms with van der Waals surface area (Å²) >= 11 is 0. The first kappa shape index (κ1) is 12.5. The normalized spacial score (nSPS) is 14.2. The van der Waals surface area contributed by atoms with Crippen molar-refractivity contribution < 1.29 is 4.74 Å². The maximum Gasteiger partial charge on any atom is 0.176 e. The maximum absolute atomic E-state index is 6.36. The van der Waals surface area contributed by atoms with Gasteiger partial charge in [-0.15, -0.1) is 10.2 Å². The van der Waals surface area contributed by atoms with Crippen LogP contribution < -0.4 is 10.5 Å². The van der Waals surface area contributed by atoms with Crippen molar-refractivity contribution >= 4 is 0 Å². The standard InChI is InChI=1S/C12H17N5O/c1-12(13,8-11-14-16-17(2)15-11)9-6-4-5-7-10(9)18-3/h4-7H,8,13H2,1-3H3. The average molecular weight is 247 g/mol.